The molecule has 3 nitrogen and oxygen atoms in total. The van der Waals surface area contributed by atoms with Gasteiger partial charge in [0.1, 0.15) is 11.5 Å². The van der Waals surface area contributed by atoms with Crippen molar-refractivity contribution < 1.29 is 9.47 Å². The van der Waals surface area contributed by atoms with E-state index in [0.717, 1.165) is 23.6 Å². The topological polar surface area (TPSA) is 23.4 Å². The molecule has 1 aromatic carbocycles. The van der Waals surface area contributed by atoms with Gasteiger partial charge in [-0.25, -0.2) is 0 Å². The van der Waals surface area contributed by atoms with Gasteiger partial charge in [-0.2, -0.15) is 0 Å². The smallest absolute Gasteiger partial charge is 0.122 e. The third-order valence-corrected chi connectivity index (χ3v) is 2.44. The fourth-order valence-electron chi connectivity index (χ4n) is 1.64. The van der Waals surface area contributed by atoms with E-state index in [1.54, 1.807) is 14.2 Å². The fraction of sp³-hybridized carbons (Fsp3) is 0.231. The van der Waals surface area contributed by atoms with Gasteiger partial charge >= 0.3 is 0 Å². The predicted molar refractivity (Wildman–Crippen MR) is 63.1 cm³/mol. The van der Waals surface area contributed by atoms with Gasteiger partial charge in [-0.1, -0.05) is 0 Å². The fourth-order valence-corrected chi connectivity index (χ4v) is 1.64. The van der Waals surface area contributed by atoms with Crippen LogP contribution in [0.1, 0.15) is 5.56 Å². The van der Waals surface area contributed by atoms with Crippen LogP contribution >= 0.6 is 0 Å². The van der Waals surface area contributed by atoms with E-state index in [-0.39, 0.29) is 0 Å². The summed E-state index contributed by atoms with van der Waals surface area (Å²) in [7, 11) is 3.32. The van der Waals surface area contributed by atoms with Crippen molar-refractivity contribution in [2.24, 2.45) is 0 Å². The minimum atomic E-state index is 0.820. The first kappa shape index (κ1) is 10.6. The maximum Gasteiger partial charge on any atom is 0.122 e. The van der Waals surface area contributed by atoms with E-state index in [4.69, 9.17) is 9.47 Å². The van der Waals surface area contributed by atoms with E-state index in [0.29, 0.717) is 0 Å². The van der Waals surface area contributed by atoms with E-state index >= 15 is 0 Å². The number of rotatable bonds is 4. The zero-order valence-corrected chi connectivity index (χ0v) is 9.51. The van der Waals surface area contributed by atoms with Crippen molar-refractivity contribution >= 4 is 0 Å². The van der Waals surface area contributed by atoms with E-state index in [1.165, 1.54) is 0 Å². The molecular weight excluding hydrogens is 202 g/mol. The molecule has 0 radical (unpaired) electrons. The summed E-state index contributed by atoms with van der Waals surface area (Å²) in [6.45, 7) is 0.820. The second kappa shape index (κ2) is 4.75. The second-order valence-electron chi connectivity index (χ2n) is 3.58. The molecule has 1 aromatic heterocycles. The summed E-state index contributed by atoms with van der Waals surface area (Å²) < 4.78 is 12.6. The highest BCUT2D eigenvalue weighted by Gasteiger charge is 2.02. The third kappa shape index (κ3) is 2.37. The Morgan fingerprint density at radius 3 is 2.00 bits per heavy atom. The van der Waals surface area contributed by atoms with Crippen LogP contribution in [0.2, 0.25) is 0 Å². The van der Waals surface area contributed by atoms with E-state index in [1.807, 2.05) is 42.7 Å². The summed E-state index contributed by atoms with van der Waals surface area (Å²) in [5.41, 5.74) is 1.16. The number of hydrogen-bond donors (Lipinski definition) is 0. The maximum absolute atomic E-state index is 5.23. The molecular formula is C13H15NO2. The predicted octanol–water partition coefficient (Wildman–Crippen LogP) is 2.55. The Labute approximate surface area is 95.2 Å². The molecule has 0 aliphatic rings. The van der Waals surface area contributed by atoms with Gasteiger partial charge in [-0.05, 0) is 29.8 Å². The van der Waals surface area contributed by atoms with Crippen LogP contribution in [0.4, 0.5) is 0 Å². The zero-order chi connectivity index (χ0) is 11.4. The lowest BCUT2D eigenvalue weighted by Crippen LogP contribution is -1.97. The van der Waals surface area contributed by atoms with Crippen molar-refractivity contribution in [2.45, 2.75) is 6.54 Å². The van der Waals surface area contributed by atoms with Crippen LogP contribution in [0.3, 0.4) is 0 Å². The van der Waals surface area contributed by atoms with Gasteiger partial charge in [-0.3, -0.25) is 0 Å². The summed E-state index contributed by atoms with van der Waals surface area (Å²) in [6.07, 6.45) is 4.07. The minimum absolute atomic E-state index is 0.820. The second-order valence-corrected chi connectivity index (χ2v) is 3.58. The summed E-state index contributed by atoms with van der Waals surface area (Å²) in [5.74, 6) is 1.64. The molecule has 1 heterocycles. The van der Waals surface area contributed by atoms with Crippen LogP contribution in [0.25, 0.3) is 0 Å². The molecule has 3 heteroatoms. The molecule has 0 amide bonds. The van der Waals surface area contributed by atoms with Gasteiger partial charge in [0.05, 0.1) is 14.2 Å². The molecule has 0 saturated heterocycles. The van der Waals surface area contributed by atoms with Crippen LogP contribution in [0.5, 0.6) is 11.5 Å². The summed E-state index contributed by atoms with van der Waals surface area (Å²) >= 11 is 0. The van der Waals surface area contributed by atoms with Crippen molar-refractivity contribution in [3.63, 3.8) is 0 Å². The number of methoxy groups -OCH3 is 2. The van der Waals surface area contributed by atoms with Gasteiger partial charge in [0.15, 0.2) is 0 Å². The number of nitrogens with zero attached hydrogens (tertiary/aromatic N) is 1. The molecule has 0 aliphatic heterocycles. The van der Waals surface area contributed by atoms with Crippen LogP contribution in [0, 0.1) is 0 Å². The van der Waals surface area contributed by atoms with Gasteiger partial charge in [0, 0.05) is 25.0 Å². The standard InChI is InChI=1S/C13H15NO2/c1-15-12-7-11(8-13(9-12)16-2)10-14-5-3-4-6-14/h3-9H,10H2,1-2H3. The molecule has 0 atom stereocenters. The highest BCUT2D eigenvalue weighted by atomic mass is 16.5. The van der Waals surface area contributed by atoms with Crippen molar-refractivity contribution in [2.75, 3.05) is 14.2 Å². The first-order chi connectivity index (χ1) is 7.81. The summed E-state index contributed by atoms with van der Waals surface area (Å²) in [4.78, 5) is 0. The van der Waals surface area contributed by atoms with Gasteiger partial charge in [0.25, 0.3) is 0 Å². The van der Waals surface area contributed by atoms with E-state index in [9.17, 15) is 0 Å². The van der Waals surface area contributed by atoms with Gasteiger partial charge < -0.3 is 14.0 Å². The molecule has 0 spiro atoms. The van der Waals surface area contributed by atoms with Crippen molar-refractivity contribution in [1.82, 2.24) is 4.57 Å². The highest BCUT2D eigenvalue weighted by Crippen LogP contribution is 2.22. The number of benzene rings is 1. The van der Waals surface area contributed by atoms with Crippen LogP contribution in [-0.4, -0.2) is 18.8 Å². The Bertz CT molecular complexity index is 427. The molecule has 0 bridgehead atoms. The molecule has 0 N–H and O–H groups in total. The number of hydrogen-bond acceptors (Lipinski definition) is 2. The lowest BCUT2D eigenvalue weighted by molar-refractivity contribution is 0.393. The molecule has 2 rings (SSSR count). The summed E-state index contributed by atoms with van der Waals surface area (Å²) in [5, 5.41) is 0. The molecule has 0 aliphatic carbocycles. The van der Waals surface area contributed by atoms with Crippen LogP contribution < -0.4 is 9.47 Å². The minimum Gasteiger partial charge on any atom is -0.497 e. The highest BCUT2D eigenvalue weighted by molar-refractivity contribution is 5.38. The normalized spacial score (nSPS) is 10.1. The number of ether oxygens (including phenoxy) is 2. The first-order valence-corrected chi connectivity index (χ1v) is 5.14. The molecule has 84 valence electrons. The monoisotopic (exact) mass is 217 g/mol. The molecule has 2 aromatic rings. The SMILES string of the molecule is COc1cc(Cn2cccc2)cc(OC)c1. The van der Waals surface area contributed by atoms with Crippen molar-refractivity contribution in [3.05, 3.63) is 48.3 Å². The lowest BCUT2D eigenvalue weighted by Gasteiger charge is -2.09. The number of aromatic nitrogens is 1. The van der Waals surface area contributed by atoms with Crippen LogP contribution in [-0.2, 0) is 6.54 Å². The molecule has 0 fully saturated rings. The summed E-state index contributed by atoms with van der Waals surface area (Å²) in [6, 6.07) is 9.93. The Kier molecular flexibility index (Phi) is 3.15. The van der Waals surface area contributed by atoms with Crippen LogP contribution in [0.15, 0.2) is 42.7 Å². The van der Waals surface area contributed by atoms with Gasteiger partial charge in [0.2, 0.25) is 0 Å². The van der Waals surface area contributed by atoms with Crippen molar-refractivity contribution in [3.8, 4) is 11.5 Å². The van der Waals surface area contributed by atoms with Gasteiger partial charge in [-0.15, -0.1) is 0 Å². The van der Waals surface area contributed by atoms with E-state index < -0.39 is 0 Å². The van der Waals surface area contributed by atoms with E-state index in [2.05, 4.69) is 4.57 Å². The quantitative estimate of drug-likeness (QED) is 0.785. The average Bonchev–Trinajstić information content (AvgIpc) is 2.81. The Balaban J connectivity index is 2.26. The Morgan fingerprint density at radius 1 is 0.938 bits per heavy atom. The third-order valence-electron chi connectivity index (χ3n) is 2.44. The first-order valence-electron chi connectivity index (χ1n) is 5.14. The molecule has 0 saturated carbocycles. The lowest BCUT2D eigenvalue weighted by atomic mass is 10.2. The molecule has 16 heavy (non-hydrogen) atoms. The largest absolute Gasteiger partial charge is 0.497 e. The van der Waals surface area contributed by atoms with Crippen molar-refractivity contribution in [1.29, 1.82) is 0 Å². The Morgan fingerprint density at radius 2 is 1.50 bits per heavy atom. The average molecular weight is 217 g/mol. The molecule has 0 unspecified atom stereocenters. The maximum atomic E-state index is 5.23. The zero-order valence-electron chi connectivity index (χ0n) is 9.51. The Hall–Kier alpha value is -1.90.